The standard InChI is InChI=1S/C23H32O4/c1-6-7-8-9-16-12-18(26-15(3)24)21-19(13-16)27-23(4,5)17-11-10-14(2)22(25)20(17)21/h12-14,17,20H,6-11H2,1-5H3. The smallest absolute Gasteiger partial charge is 0.308 e. The molecule has 1 fully saturated rings. The number of ketones is 1. The molecule has 0 amide bonds. The summed E-state index contributed by atoms with van der Waals surface area (Å²) in [6, 6.07) is 4.00. The molecule has 0 radical (unpaired) electrons. The van der Waals surface area contributed by atoms with Crippen LogP contribution in [0.15, 0.2) is 12.1 Å². The van der Waals surface area contributed by atoms with E-state index in [2.05, 4.69) is 26.8 Å². The number of esters is 1. The lowest BCUT2D eigenvalue weighted by atomic mass is 9.63. The molecule has 27 heavy (non-hydrogen) atoms. The third-order valence-corrected chi connectivity index (χ3v) is 6.17. The average molecular weight is 373 g/mol. The lowest BCUT2D eigenvalue weighted by Gasteiger charge is -2.48. The molecule has 0 spiro atoms. The molecule has 4 nitrogen and oxygen atoms in total. The van der Waals surface area contributed by atoms with Crippen LogP contribution in [0.25, 0.3) is 0 Å². The van der Waals surface area contributed by atoms with Crippen LogP contribution in [0.1, 0.15) is 83.8 Å². The van der Waals surface area contributed by atoms with Gasteiger partial charge in [-0.05, 0) is 57.2 Å². The van der Waals surface area contributed by atoms with Crippen LogP contribution in [-0.4, -0.2) is 17.4 Å². The van der Waals surface area contributed by atoms with Crippen molar-refractivity contribution in [2.24, 2.45) is 11.8 Å². The highest BCUT2D eigenvalue weighted by molar-refractivity contribution is 5.91. The zero-order valence-corrected chi connectivity index (χ0v) is 17.3. The van der Waals surface area contributed by atoms with Crippen molar-refractivity contribution in [3.05, 3.63) is 23.3 Å². The lowest BCUT2D eigenvalue weighted by Crippen LogP contribution is -2.50. The van der Waals surface area contributed by atoms with Crippen molar-refractivity contribution in [1.82, 2.24) is 0 Å². The van der Waals surface area contributed by atoms with E-state index in [1.807, 2.05) is 13.0 Å². The maximum Gasteiger partial charge on any atom is 0.308 e. The first kappa shape index (κ1) is 19.9. The van der Waals surface area contributed by atoms with Gasteiger partial charge in [0.1, 0.15) is 22.9 Å². The van der Waals surface area contributed by atoms with Gasteiger partial charge >= 0.3 is 5.97 Å². The molecule has 0 saturated heterocycles. The highest BCUT2D eigenvalue weighted by atomic mass is 16.5. The molecule has 4 heteroatoms. The third-order valence-electron chi connectivity index (χ3n) is 6.17. The van der Waals surface area contributed by atoms with E-state index in [4.69, 9.17) is 9.47 Å². The first-order chi connectivity index (χ1) is 12.7. The number of unbranched alkanes of at least 4 members (excludes halogenated alkanes) is 2. The molecular weight excluding hydrogens is 340 g/mol. The van der Waals surface area contributed by atoms with Gasteiger partial charge in [0.15, 0.2) is 0 Å². The van der Waals surface area contributed by atoms with Gasteiger partial charge in [0.2, 0.25) is 0 Å². The van der Waals surface area contributed by atoms with E-state index in [1.165, 1.54) is 6.92 Å². The van der Waals surface area contributed by atoms with Crippen LogP contribution >= 0.6 is 0 Å². The molecule has 1 aromatic carbocycles. The number of benzene rings is 1. The summed E-state index contributed by atoms with van der Waals surface area (Å²) in [7, 11) is 0. The zero-order valence-electron chi connectivity index (χ0n) is 17.3. The highest BCUT2D eigenvalue weighted by Crippen LogP contribution is 2.54. The van der Waals surface area contributed by atoms with Crippen molar-refractivity contribution in [2.75, 3.05) is 0 Å². The lowest BCUT2D eigenvalue weighted by molar-refractivity contribution is -0.135. The Morgan fingerprint density at radius 3 is 2.67 bits per heavy atom. The molecule has 0 aromatic heterocycles. The monoisotopic (exact) mass is 372 g/mol. The number of hydrogen-bond acceptors (Lipinski definition) is 4. The third kappa shape index (κ3) is 3.90. The van der Waals surface area contributed by atoms with E-state index in [9.17, 15) is 9.59 Å². The minimum Gasteiger partial charge on any atom is -0.487 e. The van der Waals surface area contributed by atoms with Gasteiger partial charge < -0.3 is 9.47 Å². The van der Waals surface area contributed by atoms with E-state index >= 15 is 0 Å². The van der Waals surface area contributed by atoms with Crippen molar-refractivity contribution in [3.8, 4) is 11.5 Å². The van der Waals surface area contributed by atoms with Crippen LogP contribution in [-0.2, 0) is 16.0 Å². The average Bonchev–Trinajstić information content (AvgIpc) is 2.57. The second kappa shape index (κ2) is 7.65. The van der Waals surface area contributed by atoms with Gasteiger partial charge in [-0.15, -0.1) is 0 Å². The van der Waals surface area contributed by atoms with Crippen molar-refractivity contribution in [1.29, 1.82) is 0 Å². The zero-order chi connectivity index (χ0) is 19.8. The molecule has 2 aliphatic rings. The van der Waals surface area contributed by atoms with Gasteiger partial charge in [-0.1, -0.05) is 26.7 Å². The van der Waals surface area contributed by atoms with Gasteiger partial charge in [-0.25, -0.2) is 0 Å². The first-order valence-corrected chi connectivity index (χ1v) is 10.3. The van der Waals surface area contributed by atoms with Crippen LogP contribution in [0, 0.1) is 11.8 Å². The number of aryl methyl sites for hydroxylation is 1. The second-order valence-electron chi connectivity index (χ2n) is 8.73. The fraction of sp³-hybridized carbons (Fsp3) is 0.652. The maximum atomic E-state index is 13.1. The molecule has 1 heterocycles. The number of carbonyl (C=O) groups is 2. The fourth-order valence-electron chi connectivity index (χ4n) is 4.70. The topological polar surface area (TPSA) is 52.6 Å². The molecule has 148 valence electrons. The van der Waals surface area contributed by atoms with Crippen LogP contribution in [0.5, 0.6) is 11.5 Å². The van der Waals surface area contributed by atoms with Gasteiger partial charge in [0.25, 0.3) is 0 Å². The van der Waals surface area contributed by atoms with E-state index < -0.39 is 5.60 Å². The summed E-state index contributed by atoms with van der Waals surface area (Å²) >= 11 is 0. The molecule has 1 aliphatic heterocycles. The van der Waals surface area contributed by atoms with Crippen LogP contribution in [0.3, 0.4) is 0 Å². The molecule has 3 unspecified atom stereocenters. The van der Waals surface area contributed by atoms with Gasteiger partial charge in [0, 0.05) is 24.3 Å². The summed E-state index contributed by atoms with van der Waals surface area (Å²) in [6.07, 6.45) is 6.15. The number of hydrogen-bond donors (Lipinski definition) is 0. The first-order valence-electron chi connectivity index (χ1n) is 10.3. The van der Waals surface area contributed by atoms with Crippen molar-refractivity contribution in [2.45, 2.75) is 84.7 Å². The summed E-state index contributed by atoms with van der Waals surface area (Å²) < 4.78 is 12.0. The van der Waals surface area contributed by atoms with Crippen molar-refractivity contribution < 1.29 is 19.1 Å². The molecule has 0 bridgehead atoms. The van der Waals surface area contributed by atoms with Gasteiger partial charge in [-0.3, -0.25) is 9.59 Å². The molecule has 3 atom stereocenters. The Balaban J connectivity index is 2.10. The summed E-state index contributed by atoms with van der Waals surface area (Å²) in [5.41, 5.74) is 1.47. The molecule has 3 rings (SSSR count). The van der Waals surface area contributed by atoms with E-state index in [-0.39, 0.29) is 29.5 Å². The predicted molar refractivity (Wildman–Crippen MR) is 105 cm³/mol. The highest BCUT2D eigenvalue weighted by Gasteiger charge is 2.51. The number of Topliss-reactive ketones (excluding diaryl/α,β-unsaturated/α-hetero) is 1. The number of fused-ring (bicyclic) bond motifs is 3. The predicted octanol–water partition coefficient (Wildman–Crippen LogP) is 5.21. The summed E-state index contributed by atoms with van der Waals surface area (Å²) in [4.78, 5) is 24.9. The molecule has 0 N–H and O–H groups in total. The molecule has 1 aromatic rings. The van der Waals surface area contributed by atoms with Crippen LogP contribution in [0.4, 0.5) is 0 Å². The Kier molecular flexibility index (Phi) is 5.64. The minimum atomic E-state index is -0.414. The molecular formula is C23H32O4. The minimum absolute atomic E-state index is 0.0300. The normalized spacial score (nSPS) is 26.0. The molecule has 1 saturated carbocycles. The summed E-state index contributed by atoms with van der Waals surface area (Å²) in [5, 5.41) is 0. The Hall–Kier alpha value is -1.84. The largest absolute Gasteiger partial charge is 0.487 e. The van der Waals surface area contributed by atoms with E-state index in [0.717, 1.165) is 49.7 Å². The quantitative estimate of drug-likeness (QED) is 0.404. The maximum absolute atomic E-state index is 13.1. The number of rotatable bonds is 5. The van der Waals surface area contributed by atoms with Gasteiger partial charge in [-0.2, -0.15) is 0 Å². The molecule has 1 aliphatic carbocycles. The van der Waals surface area contributed by atoms with Crippen LogP contribution < -0.4 is 9.47 Å². The fourth-order valence-corrected chi connectivity index (χ4v) is 4.70. The SMILES string of the molecule is CCCCCc1cc(OC(C)=O)c2c(c1)OC(C)(C)C1CCC(C)C(=O)C21. The Morgan fingerprint density at radius 2 is 2.00 bits per heavy atom. The number of ether oxygens (including phenoxy) is 2. The van der Waals surface area contributed by atoms with Crippen molar-refractivity contribution >= 4 is 11.8 Å². The van der Waals surface area contributed by atoms with Crippen molar-refractivity contribution in [3.63, 3.8) is 0 Å². The van der Waals surface area contributed by atoms with Gasteiger partial charge in [0.05, 0.1) is 5.92 Å². The van der Waals surface area contributed by atoms with Crippen LogP contribution in [0.2, 0.25) is 0 Å². The Labute approximate surface area is 162 Å². The Bertz CT molecular complexity index is 734. The summed E-state index contributed by atoms with van der Waals surface area (Å²) in [6.45, 7) is 9.74. The Morgan fingerprint density at radius 1 is 1.26 bits per heavy atom. The van der Waals surface area contributed by atoms with E-state index in [0.29, 0.717) is 11.5 Å². The summed E-state index contributed by atoms with van der Waals surface area (Å²) in [5.74, 6) is 0.993. The van der Waals surface area contributed by atoms with E-state index in [1.54, 1.807) is 0 Å². The number of carbonyl (C=O) groups excluding carboxylic acids is 2. The second-order valence-corrected chi connectivity index (χ2v) is 8.73.